The first-order valence-electron chi connectivity index (χ1n) is 6.77. The van der Waals surface area contributed by atoms with E-state index in [9.17, 15) is 4.79 Å². The minimum Gasteiger partial charge on any atom is -0.378 e. The van der Waals surface area contributed by atoms with E-state index in [1.165, 1.54) is 0 Å². The first-order valence-corrected chi connectivity index (χ1v) is 6.77. The molecule has 1 unspecified atom stereocenters. The minimum absolute atomic E-state index is 0.0834. The van der Waals surface area contributed by atoms with Crippen LogP contribution in [0.15, 0.2) is 24.3 Å². The van der Waals surface area contributed by atoms with Crippen LogP contribution in [0.5, 0.6) is 0 Å². The van der Waals surface area contributed by atoms with Crippen LogP contribution in [0, 0.1) is 11.3 Å². The van der Waals surface area contributed by atoms with Crippen molar-refractivity contribution in [1.82, 2.24) is 0 Å². The molecular formula is C16H26N2O. The molecule has 0 radical (unpaired) electrons. The van der Waals surface area contributed by atoms with Gasteiger partial charge in [-0.05, 0) is 35.6 Å². The summed E-state index contributed by atoms with van der Waals surface area (Å²) in [7, 11) is 4.00. The first kappa shape index (κ1) is 15.5. The number of nitrogens with zero attached hydrogens (tertiary/aromatic N) is 1. The number of carbonyl (C=O) groups is 1. The fraction of sp³-hybridized carbons (Fsp3) is 0.562. The Kier molecular flexibility index (Phi) is 4.98. The third kappa shape index (κ3) is 4.93. The molecule has 1 amide bonds. The fourth-order valence-corrected chi connectivity index (χ4v) is 1.64. The van der Waals surface area contributed by atoms with Crippen LogP contribution in [-0.2, 0) is 4.79 Å². The highest BCUT2D eigenvalue weighted by atomic mass is 16.1. The van der Waals surface area contributed by atoms with Gasteiger partial charge in [0.2, 0.25) is 5.91 Å². The van der Waals surface area contributed by atoms with E-state index in [0.29, 0.717) is 12.3 Å². The largest absolute Gasteiger partial charge is 0.378 e. The van der Waals surface area contributed by atoms with E-state index in [1.807, 2.05) is 43.3 Å². The van der Waals surface area contributed by atoms with E-state index in [0.717, 1.165) is 11.4 Å². The van der Waals surface area contributed by atoms with Gasteiger partial charge in [0.15, 0.2) is 0 Å². The van der Waals surface area contributed by atoms with Crippen molar-refractivity contribution < 1.29 is 4.79 Å². The molecule has 3 nitrogen and oxygen atoms in total. The van der Waals surface area contributed by atoms with Gasteiger partial charge in [-0.2, -0.15) is 0 Å². The van der Waals surface area contributed by atoms with Gasteiger partial charge in [0.05, 0.1) is 0 Å². The van der Waals surface area contributed by atoms with Crippen molar-refractivity contribution in [2.24, 2.45) is 11.3 Å². The van der Waals surface area contributed by atoms with Crippen LogP contribution in [0.4, 0.5) is 11.4 Å². The van der Waals surface area contributed by atoms with Crippen LogP contribution in [-0.4, -0.2) is 20.0 Å². The summed E-state index contributed by atoms with van der Waals surface area (Å²) in [6.45, 7) is 8.61. The lowest BCUT2D eigenvalue weighted by Crippen LogP contribution is -2.23. The topological polar surface area (TPSA) is 32.3 Å². The van der Waals surface area contributed by atoms with Gasteiger partial charge in [-0.15, -0.1) is 0 Å². The smallest absolute Gasteiger partial charge is 0.224 e. The van der Waals surface area contributed by atoms with E-state index >= 15 is 0 Å². The van der Waals surface area contributed by atoms with Crippen LogP contribution >= 0.6 is 0 Å². The maximum atomic E-state index is 12.0. The molecule has 0 bridgehead atoms. The summed E-state index contributed by atoms with van der Waals surface area (Å²) in [4.78, 5) is 14.0. The molecule has 0 aliphatic rings. The molecule has 0 spiro atoms. The second-order valence-corrected chi connectivity index (χ2v) is 6.46. The summed E-state index contributed by atoms with van der Waals surface area (Å²) in [6.07, 6.45) is 0.554. The van der Waals surface area contributed by atoms with Gasteiger partial charge in [-0.3, -0.25) is 4.79 Å². The van der Waals surface area contributed by atoms with Gasteiger partial charge >= 0.3 is 0 Å². The molecule has 0 aromatic heterocycles. The van der Waals surface area contributed by atoms with Crippen LogP contribution in [0.3, 0.4) is 0 Å². The Hall–Kier alpha value is -1.51. The molecule has 0 fully saturated rings. The average Bonchev–Trinajstić information content (AvgIpc) is 2.28. The summed E-state index contributed by atoms with van der Waals surface area (Å²) in [5, 5.41) is 2.95. The second-order valence-electron chi connectivity index (χ2n) is 6.46. The zero-order valence-electron chi connectivity index (χ0n) is 12.9. The molecule has 1 atom stereocenters. The van der Waals surface area contributed by atoms with Crippen molar-refractivity contribution in [2.75, 3.05) is 24.3 Å². The molecule has 1 rings (SSSR count). The molecule has 0 heterocycles. The summed E-state index contributed by atoms with van der Waals surface area (Å²) in [6, 6.07) is 7.88. The molecule has 0 saturated heterocycles. The Labute approximate surface area is 117 Å². The molecule has 0 aliphatic heterocycles. The lowest BCUT2D eigenvalue weighted by molar-refractivity contribution is -0.117. The van der Waals surface area contributed by atoms with Crippen LogP contribution in [0.1, 0.15) is 34.1 Å². The van der Waals surface area contributed by atoms with Gasteiger partial charge in [0.1, 0.15) is 0 Å². The third-order valence-corrected chi connectivity index (χ3v) is 3.64. The molecular weight excluding hydrogens is 236 g/mol. The minimum atomic E-state index is 0.0834. The van der Waals surface area contributed by atoms with E-state index < -0.39 is 0 Å². The quantitative estimate of drug-likeness (QED) is 0.896. The van der Waals surface area contributed by atoms with E-state index in [4.69, 9.17) is 0 Å². The Morgan fingerprint density at radius 3 is 2.16 bits per heavy atom. The molecule has 0 aliphatic carbocycles. The number of benzene rings is 1. The van der Waals surface area contributed by atoms with Crippen LogP contribution in [0.2, 0.25) is 0 Å². The number of nitrogens with one attached hydrogen (secondary N) is 1. The molecule has 1 aromatic rings. The maximum absolute atomic E-state index is 12.0. The molecule has 0 saturated carbocycles. The number of rotatable bonds is 4. The Morgan fingerprint density at radius 2 is 1.74 bits per heavy atom. The van der Waals surface area contributed by atoms with Crippen molar-refractivity contribution in [1.29, 1.82) is 0 Å². The van der Waals surface area contributed by atoms with E-state index in [-0.39, 0.29) is 11.3 Å². The third-order valence-electron chi connectivity index (χ3n) is 3.64. The summed E-state index contributed by atoms with van der Waals surface area (Å²) in [5.41, 5.74) is 2.14. The van der Waals surface area contributed by atoms with Gasteiger partial charge in [0.25, 0.3) is 0 Å². The molecule has 106 valence electrons. The predicted octanol–water partition coefficient (Wildman–Crippen LogP) is 3.76. The van der Waals surface area contributed by atoms with Gasteiger partial charge in [0, 0.05) is 31.9 Å². The highest BCUT2D eigenvalue weighted by Crippen LogP contribution is 2.28. The van der Waals surface area contributed by atoms with Crippen molar-refractivity contribution in [3.05, 3.63) is 24.3 Å². The van der Waals surface area contributed by atoms with Crippen molar-refractivity contribution in [3.63, 3.8) is 0 Å². The van der Waals surface area contributed by atoms with E-state index in [1.54, 1.807) is 0 Å². The SMILES string of the molecule is CC(CC(=O)Nc1ccc(N(C)C)cc1)C(C)(C)C. The lowest BCUT2D eigenvalue weighted by Gasteiger charge is -2.26. The number of amides is 1. The number of anilines is 2. The zero-order chi connectivity index (χ0) is 14.6. The fourth-order valence-electron chi connectivity index (χ4n) is 1.64. The second kappa shape index (κ2) is 6.09. The van der Waals surface area contributed by atoms with Gasteiger partial charge in [-0.1, -0.05) is 27.7 Å². The molecule has 1 aromatic carbocycles. The Bertz CT molecular complexity index is 415. The number of hydrogen-bond acceptors (Lipinski definition) is 2. The van der Waals surface area contributed by atoms with Crippen molar-refractivity contribution in [2.45, 2.75) is 34.1 Å². The number of hydrogen-bond donors (Lipinski definition) is 1. The Balaban J connectivity index is 2.58. The normalized spacial score (nSPS) is 12.9. The summed E-state index contributed by atoms with van der Waals surface area (Å²) in [5.74, 6) is 0.438. The summed E-state index contributed by atoms with van der Waals surface area (Å²) < 4.78 is 0. The standard InChI is InChI=1S/C16H26N2O/c1-12(16(2,3)4)11-15(19)17-13-7-9-14(10-8-13)18(5)6/h7-10,12H,11H2,1-6H3,(H,17,19). The molecule has 3 heteroatoms. The zero-order valence-corrected chi connectivity index (χ0v) is 12.9. The number of carbonyl (C=O) groups excluding carboxylic acids is 1. The average molecular weight is 262 g/mol. The highest BCUT2D eigenvalue weighted by Gasteiger charge is 2.22. The van der Waals surface area contributed by atoms with E-state index in [2.05, 4.69) is 33.0 Å². The Morgan fingerprint density at radius 1 is 1.21 bits per heavy atom. The van der Waals surface area contributed by atoms with Crippen LogP contribution in [0.25, 0.3) is 0 Å². The molecule has 1 N–H and O–H groups in total. The summed E-state index contributed by atoms with van der Waals surface area (Å²) >= 11 is 0. The van der Waals surface area contributed by atoms with Crippen molar-refractivity contribution >= 4 is 17.3 Å². The van der Waals surface area contributed by atoms with Crippen molar-refractivity contribution in [3.8, 4) is 0 Å². The predicted molar refractivity (Wildman–Crippen MR) is 82.6 cm³/mol. The first-order chi connectivity index (χ1) is 8.70. The molecule has 19 heavy (non-hydrogen) atoms. The van der Waals surface area contributed by atoms with Gasteiger partial charge < -0.3 is 10.2 Å². The van der Waals surface area contributed by atoms with Gasteiger partial charge in [-0.25, -0.2) is 0 Å². The lowest BCUT2D eigenvalue weighted by atomic mass is 9.80. The maximum Gasteiger partial charge on any atom is 0.224 e. The van der Waals surface area contributed by atoms with Crippen LogP contribution < -0.4 is 10.2 Å². The monoisotopic (exact) mass is 262 g/mol. The highest BCUT2D eigenvalue weighted by molar-refractivity contribution is 5.91.